The number of nitrogens with zero attached hydrogens (tertiary/aromatic N) is 1. The topological polar surface area (TPSA) is 99.1 Å². The minimum Gasteiger partial charge on any atom is -0.477 e. The Morgan fingerprint density at radius 1 is 0.800 bits per heavy atom. The molecule has 0 aliphatic carbocycles. The van der Waals surface area contributed by atoms with Crippen molar-refractivity contribution >= 4 is 17.9 Å². The number of esters is 2. The second kappa shape index (κ2) is 24.1. The van der Waals surface area contributed by atoms with Gasteiger partial charge in [-0.1, -0.05) is 75.3 Å². The van der Waals surface area contributed by atoms with Crippen molar-refractivity contribution in [1.82, 2.24) is 0 Å². The minimum atomic E-state index is -0.897. The van der Waals surface area contributed by atoms with Crippen LogP contribution < -0.4 is 0 Å². The molecule has 40 heavy (non-hydrogen) atoms. The van der Waals surface area contributed by atoms with E-state index < -0.39 is 24.1 Å². The van der Waals surface area contributed by atoms with Crippen LogP contribution in [-0.2, 0) is 28.6 Å². The van der Waals surface area contributed by atoms with Crippen LogP contribution in [0.25, 0.3) is 0 Å². The third-order valence-electron chi connectivity index (χ3n) is 6.01. The molecule has 0 amide bonds. The summed E-state index contributed by atoms with van der Waals surface area (Å²) in [5.41, 5.74) is 0. The number of hydrogen-bond donors (Lipinski definition) is 1. The summed E-state index contributed by atoms with van der Waals surface area (Å²) in [6.07, 6.45) is 23.7. The molecule has 0 aromatic rings. The Labute approximate surface area is 242 Å². The van der Waals surface area contributed by atoms with E-state index in [-0.39, 0.29) is 43.1 Å². The Bertz CT molecular complexity index is 809. The highest BCUT2D eigenvalue weighted by molar-refractivity contribution is 5.72. The van der Waals surface area contributed by atoms with Crippen molar-refractivity contribution in [2.45, 2.75) is 96.6 Å². The van der Waals surface area contributed by atoms with Gasteiger partial charge in [-0.2, -0.15) is 0 Å². The number of rotatable bonds is 24. The number of carboxylic acid groups (broad SMARTS) is 1. The van der Waals surface area contributed by atoms with Gasteiger partial charge >= 0.3 is 17.9 Å². The molecule has 0 fully saturated rings. The van der Waals surface area contributed by atoms with Crippen molar-refractivity contribution < 1.29 is 38.2 Å². The first-order valence-corrected chi connectivity index (χ1v) is 14.7. The second-order valence-electron chi connectivity index (χ2n) is 10.6. The monoisotopic (exact) mass is 564 g/mol. The van der Waals surface area contributed by atoms with Crippen molar-refractivity contribution in [3.05, 3.63) is 48.6 Å². The summed E-state index contributed by atoms with van der Waals surface area (Å²) in [4.78, 5) is 36.2. The summed E-state index contributed by atoms with van der Waals surface area (Å²) in [5.74, 6) is -1.71. The molecule has 0 aromatic carbocycles. The molecule has 0 bridgehead atoms. The highest BCUT2D eigenvalue weighted by Gasteiger charge is 2.31. The van der Waals surface area contributed by atoms with Gasteiger partial charge in [0.15, 0.2) is 12.1 Å². The van der Waals surface area contributed by atoms with Gasteiger partial charge in [0.05, 0.1) is 40.8 Å². The van der Waals surface area contributed by atoms with Gasteiger partial charge in [0.1, 0.15) is 6.61 Å². The lowest BCUT2D eigenvalue weighted by Gasteiger charge is -2.31. The first-order chi connectivity index (χ1) is 19.1. The molecule has 2 atom stereocenters. The van der Waals surface area contributed by atoms with Gasteiger partial charge in [0.25, 0.3) is 0 Å². The van der Waals surface area contributed by atoms with Crippen LogP contribution in [0, 0.1) is 0 Å². The SMILES string of the molecule is CC/C=C/C/C=C/C/C=C/CC(=O)OC(COCCC(C(=O)O)[N+](C)(C)C)COC(=O)CC/C=C/CCCCC. The number of hydrogen-bond acceptors (Lipinski definition) is 6. The van der Waals surface area contributed by atoms with Gasteiger partial charge < -0.3 is 23.8 Å². The molecule has 0 aliphatic heterocycles. The van der Waals surface area contributed by atoms with Crippen molar-refractivity contribution in [3.63, 3.8) is 0 Å². The average molecular weight is 565 g/mol. The molecule has 2 unspecified atom stereocenters. The van der Waals surface area contributed by atoms with Crippen molar-refractivity contribution in [2.24, 2.45) is 0 Å². The van der Waals surface area contributed by atoms with Crippen LogP contribution in [0.3, 0.4) is 0 Å². The van der Waals surface area contributed by atoms with E-state index in [0.29, 0.717) is 12.8 Å². The summed E-state index contributed by atoms with van der Waals surface area (Å²) in [7, 11) is 5.45. The summed E-state index contributed by atoms with van der Waals surface area (Å²) in [6, 6.07) is -0.629. The first-order valence-electron chi connectivity index (χ1n) is 14.7. The Hall–Kier alpha value is -2.71. The number of aliphatic carboxylic acids is 1. The average Bonchev–Trinajstić information content (AvgIpc) is 2.89. The smallest absolute Gasteiger partial charge is 0.362 e. The van der Waals surface area contributed by atoms with Crippen LogP contribution >= 0.6 is 0 Å². The van der Waals surface area contributed by atoms with Crippen molar-refractivity contribution in [1.29, 1.82) is 0 Å². The Morgan fingerprint density at radius 2 is 1.45 bits per heavy atom. The lowest BCUT2D eigenvalue weighted by atomic mass is 10.1. The standard InChI is InChI=1S/C32H53NO7/c1-6-8-10-12-14-15-17-19-21-23-31(35)40-28(26-38-25-24-29(32(36)37)33(3,4)5)27-39-30(34)22-20-18-16-13-11-9-7-2/h8,10,14-16,18-19,21,28-29H,6-7,9,11-13,17,20,22-27H2,1-5H3/p+1/b10-8+,15-14+,18-16+,21-19+. The summed E-state index contributed by atoms with van der Waals surface area (Å²) in [6.45, 7) is 4.34. The zero-order valence-electron chi connectivity index (χ0n) is 25.5. The van der Waals surface area contributed by atoms with E-state index in [1.54, 1.807) is 6.08 Å². The summed E-state index contributed by atoms with van der Waals surface area (Å²) < 4.78 is 16.8. The molecule has 0 saturated heterocycles. The lowest BCUT2D eigenvalue weighted by Crippen LogP contribution is -2.50. The third kappa shape index (κ3) is 22.1. The molecule has 0 aliphatic rings. The number of carbonyl (C=O) groups is 3. The fourth-order valence-electron chi connectivity index (χ4n) is 3.70. The maximum absolute atomic E-state index is 12.4. The number of unbranched alkanes of at least 4 members (excludes halogenated alkanes) is 3. The number of carbonyl (C=O) groups excluding carboxylic acids is 2. The van der Waals surface area contributed by atoms with Crippen molar-refractivity contribution in [2.75, 3.05) is 41.0 Å². The molecule has 8 heteroatoms. The fraction of sp³-hybridized carbons (Fsp3) is 0.656. The summed E-state index contributed by atoms with van der Waals surface area (Å²) >= 11 is 0. The van der Waals surface area contributed by atoms with Crippen LogP contribution in [-0.4, -0.2) is 80.6 Å². The van der Waals surface area contributed by atoms with E-state index in [0.717, 1.165) is 32.1 Å². The molecule has 0 rings (SSSR count). The predicted molar refractivity (Wildman–Crippen MR) is 160 cm³/mol. The number of ether oxygens (including phenoxy) is 3. The molecule has 0 aromatic heterocycles. The maximum atomic E-state index is 12.4. The lowest BCUT2D eigenvalue weighted by molar-refractivity contribution is -0.887. The van der Waals surface area contributed by atoms with Crippen molar-refractivity contribution in [3.8, 4) is 0 Å². The van der Waals surface area contributed by atoms with E-state index in [9.17, 15) is 19.5 Å². The molecular formula is C32H54NO7+. The van der Waals surface area contributed by atoms with Crippen LogP contribution in [0.2, 0.25) is 0 Å². The van der Waals surface area contributed by atoms with Crippen LogP contribution in [0.15, 0.2) is 48.6 Å². The molecule has 0 spiro atoms. The third-order valence-corrected chi connectivity index (χ3v) is 6.01. The van der Waals surface area contributed by atoms with E-state index in [1.165, 1.54) is 12.8 Å². The highest BCUT2D eigenvalue weighted by Crippen LogP contribution is 2.09. The number of quaternary nitrogens is 1. The van der Waals surface area contributed by atoms with Gasteiger partial charge in [-0.25, -0.2) is 4.79 Å². The zero-order valence-corrected chi connectivity index (χ0v) is 25.5. The predicted octanol–water partition coefficient (Wildman–Crippen LogP) is 6.17. The minimum absolute atomic E-state index is 0.0115. The number of allylic oxidation sites excluding steroid dienone is 7. The molecule has 1 N–H and O–H groups in total. The highest BCUT2D eigenvalue weighted by atomic mass is 16.6. The quantitative estimate of drug-likeness (QED) is 0.0647. The largest absolute Gasteiger partial charge is 0.477 e. The second-order valence-corrected chi connectivity index (χ2v) is 10.6. The van der Waals surface area contributed by atoms with E-state index in [4.69, 9.17) is 14.2 Å². The zero-order chi connectivity index (χ0) is 30.1. The van der Waals surface area contributed by atoms with Gasteiger partial charge in [0, 0.05) is 12.8 Å². The number of likely N-dealkylation sites (N-methyl/N-ethyl adjacent to an activating group) is 1. The van der Waals surface area contributed by atoms with Gasteiger partial charge in [-0.15, -0.1) is 0 Å². The maximum Gasteiger partial charge on any atom is 0.362 e. The van der Waals surface area contributed by atoms with Crippen LogP contribution in [0.1, 0.15) is 84.5 Å². The Balaban J connectivity index is 4.74. The molecule has 0 saturated carbocycles. The van der Waals surface area contributed by atoms with E-state index in [2.05, 4.69) is 38.2 Å². The van der Waals surface area contributed by atoms with E-state index >= 15 is 0 Å². The van der Waals surface area contributed by atoms with Crippen LogP contribution in [0.5, 0.6) is 0 Å². The molecule has 228 valence electrons. The van der Waals surface area contributed by atoms with Crippen LogP contribution in [0.4, 0.5) is 0 Å². The van der Waals surface area contributed by atoms with Gasteiger partial charge in [-0.3, -0.25) is 9.59 Å². The van der Waals surface area contributed by atoms with Gasteiger partial charge in [-0.05, 0) is 38.5 Å². The summed E-state index contributed by atoms with van der Waals surface area (Å²) in [5, 5.41) is 9.49. The Morgan fingerprint density at radius 3 is 2.08 bits per heavy atom. The van der Waals surface area contributed by atoms with E-state index in [1.807, 2.05) is 39.4 Å². The Kier molecular flexibility index (Phi) is 22.5. The molecule has 0 radical (unpaired) electrons. The number of carboxylic acids is 1. The molecule has 8 nitrogen and oxygen atoms in total. The van der Waals surface area contributed by atoms with Gasteiger partial charge in [0.2, 0.25) is 0 Å². The normalized spacial score (nSPS) is 13.9. The molecular weight excluding hydrogens is 510 g/mol. The fourth-order valence-corrected chi connectivity index (χ4v) is 3.70. The first kappa shape index (κ1) is 37.3. The molecule has 0 heterocycles.